The van der Waals surface area contributed by atoms with E-state index >= 15 is 0 Å². The lowest BCUT2D eigenvalue weighted by molar-refractivity contribution is 0.256. The Labute approximate surface area is 131 Å². The van der Waals surface area contributed by atoms with Crippen LogP contribution in [0.25, 0.3) is 0 Å². The summed E-state index contributed by atoms with van der Waals surface area (Å²) in [6, 6.07) is 6.45. The van der Waals surface area contributed by atoms with Crippen LogP contribution in [0.2, 0.25) is 5.02 Å². The molecule has 0 saturated heterocycles. The average molecular weight is 330 g/mol. The van der Waals surface area contributed by atoms with Crippen LogP contribution in [0, 0.1) is 11.3 Å². The van der Waals surface area contributed by atoms with E-state index in [1.807, 2.05) is 13.1 Å². The molecule has 0 aromatic heterocycles. The molecular weight excluding hydrogens is 310 g/mol. The second-order valence-corrected chi connectivity index (χ2v) is 7.04. The van der Waals surface area contributed by atoms with Gasteiger partial charge in [0.15, 0.2) is 0 Å². The Hall–Kier alpha value is -1.13. The van der Waals surface area contributed by atoms with Crippen molar-refractivity contribution in [2.45, 2.75) is 31.2 Å². The molecule has 0 saturated carbocycles. The van der Waals surface area contributed by atoms with Crippen molar-refractivity contribution >= 4 is 21.6 Å². The molecule has 0 heterocycles. The van der Waals surface area contributed by atoms with Gasteiger partial charge in [-0.3, -0.25) is 0 Å². The third-order valence-corrected chi connectivity index (χ3v) is 5.39. The fourth-order valence-electron chi connectivity index (χ4n) is 1.75. The lowest BCUT2D eigenvalue weighted by Crippen LogP contribution is -2.37. The Bertz CT molecular complexity index is 626. The number of nitrogens with one attached hydrogen (secondary N) is 1. The molecule has 0 fully saturated rings. The Kier molecular flexibility index (Phi) is 6.62. The van der Waals surface area contributed by atoms with Gasteiger partial charge in [-0.1, -0.05) is 18.5 Å². The monoisotopic (exact) mass is 329 g/mol. The van der Waals surface area contributed by atoms with Crippen LogP contribution in [-0.4, -0.2) is 39.5 Å². The fourth-order valence-corrected chi connectivity index (χ4v) is 3.32. The molecule has 21 heavy (non-hydrogen) atoms. The highest BCUT2D eigenvalue weighted by molar-refractivity contribution is 7.89. The first-order valence-corrected chi connectivity index (χ1v) is 8.57. The van der Waals surface area contributed by atoms with Crippen LogP contribution in [0.15, 0.2) is 23.1 Å². The SMILES string of the molecule is CCC(C)N(C)CCNS(=O)(=O)c1ccc(C#N)cc1Cl. The van der Waals surface area contributed by atoms with E-state index in [9.17, 15) is 8.42 Å². The van der Waals surface area contributed by atoms with Crippen molar-refractivity contribution in [2.75, 3.05) is 20.1 Å². The molecule has 0 bridgehead atoms. The number of hydrogen-bond acceptors (Lipinski definition) is 4. The highest BCUT2D eigenvalue weighted by Gasteiger charge is 2.18. The number of likely N-dealkylation sites (N-methyl/N-ethyl adjacent to an activating group) is 1. The molecule has 1 aromatic rings. The van der Waals surface area contributed by atoms with E-state index in [2.05, 4.69) is 23.5 Å². The molecule has 0 aliphatic heterocycles. The van der Waals surface area contributed by atoms with Crippen LogP contribution in [0.4, 0.5) is 0 Å². The molecule has 1 atom stereocenters. The summed E-state index contributed by atoms with van der Waals surface area (Å²) in [5, 5.41) is 8.81. The maximum absolute atomic E-state index is 12.2. The van der Waals surface area contributed by atoms with Crippen LogP contribution in [0.3, 0.4) is 0 Å². The van der Waals surface area contributed by atoms with Gasteiger partial charge in [0.2, 0.25) is 10.0 Å². The number of nitrogens with zero attached hydrogens (tertiary/aromatic N) is 2. The van der Waals surface area contributed by atoms with E-state index < -0.39 is 10.0 Å². The lowest BCUT2D eigenvalue weighted by Gasteiger charge is -2.23. The Balaban J connectivity index is 2.73. The Morgan fingerprint density at radius 1 is 1.48 bits per heavy atom. The minimum Gasteiger partial charge on any atom is -0.302 e. The van der Waals surface area contributed by atoms with Gasteiger partial charge < -0.3 is 4.90 Å². The highest BCUT2D eigenvalue weighted by Crippen LogP contribution is 2.22. The fraction of sp³-hybridized carbons (Fsp3) is 0.500. The van der Waals surface area contributed by atoms with Crippen LogP contribution in [0.5, 0.6) is 0 Å². The van der Waals surface area contributed by atoms with E-state index in [0.29, 0.717) is 24.7 Å². The second kappa shape index (κ2) is 7.76. The van der Waals surface area contributed by atoms with Gasteiger partial charge in [0, 0.05) is 19.1 Å². The van der Waals surface area contributed by atoms with E-state index in [1.165, 1.54) is 18.2 Å². The second-order valence-electron chi connectivity index (χ2n) is 4.89. The van der Waals surface area contributed by atoms with Crippen molar-refractivity contribution < 1.29 is 8.42 Å². The standard InChI is InChI=1S/C14H20ClN3O2S/c1-4-11(2)18(3)8-7-17-21(19,20)14-6-5-12(10-16)9-13(14)15/h5-6,9,11,17H,4,7-8H2,1-3H3. The van der Waals surface area contributed by atoms with Crippen molar-refractivity contribution in [3.63, 3.8) is 0 Å². The number of hydrogen-bond donors (Lipinski definition) is 1. The summed E-state index contributed by atoms with van der Waals surface area (Å²) in [4.78, 5) is 2.08. The van der Waals surface area contributed by atoms with Gasteiger partial charge in [-0.05, 0) is 38.6 Å². The van der Waals surface area contributed by atoms with Crippen molar-refractivity contribution in [3.05, 3.63) is 28.8 Å². The molecule has 1 rings (SSSR count). The zero-order valence-electron chi connectivity index (χ0n) is 12.4. The third kappa shape index (κ3) is 4.97. The third-order valence-electron chi connectivity index (χ3n) is 3.45. The summed E-state index contributed by atoms with van der Waals surface area (Å²) in [5.74, 6) is 0. The van der Waals surface area contributed by atoms with E-state index in [4.69, 9.17) is 16.9 Å². The first kappa shape index (κ1) is 17.9. The van der Waals surface area contributed by atoms with Gasteiger partial charge in [-0.2, -0.15) is 5.26 Å². The lowest BCUT2D eigenvalue weighted by atomic mass is 10.2. The quantitative estimate of drug-likeness (QED) is 0.832. The number of halogens is 1. The summed E-state index contributed by atoms with van der Waals surface area (Å²) < 4.78 is 26.9. The molecule has 7 heteroatoms. The van der Waals surface area contributed by atoms with Gasteiger partial charge in [-0.15, -0.1) is 0 Å². The maximum atomic E-state index is 12.2. The van der Waals surface area contributed by atoms with Crippen molar-refractivity contribution in [2.24, 2.45) is 0 Å². The zero-order chi connectivity index (χ0) is 16.0. The molecule has 1 aromatic carbocycles. The molecule has 0 radical (unpaired) electrons. The summed E-state index contributed by atoms with van der Waals surface area (Å²) >= 11 is 5.93. The molecule has 0 aliphatic rings. The molecule has 0 amide bonds. The summed E-state index contributed by atoms with van der Waals surface area (Å²) in [5.41, 5.74) is 0.329. The minimum absolute atomic E-state index is 0.00522. The highest BCUT2D eigenvalue weighted by atomic mass is 35.5. The van der Waals surface area contributed by atoms with Gasteiger partial charge in [0.1, 0.15) is 4.90 Å². The van der Waals surface area contributed by atoms with Gasteiger partial charge in [0.05, 0.1) is 16.7 Å². The molecule has 1 N–H and O–H groups in total. The number of rotatable bonds is 7. The molecule has 0 aliphatic carbocycles. The van der Waals surface area contributed by atoms with Crippen LogP contribution >= 0.6 is 11.6 Å². The summed E-state index contributed by atoms with van der Waals surface area (Å²) in [7, 11) is -1.71. The summed E-state index contributed by atoms with van der Waals surface area (Å²) in [6.45, 7) is 5.09. The Morgan fingerprint density at radius 3 is 2.67 bits per heavy atom. The molecular formula is C14H20ClN3O2S. The first-order valence-electron chi connectivity index (χ1n) is 6.71. The van der Waals surface area contributed by atoms with Crippen molar-refractivity contribution in [3.8, 4) is 6.07 Å². The summed E-state index contributed by atoms with van der Waals surface area (Å²) in [6.07, 6.45) is 1.00. The first-order chi connectivity index (χ1) is 9.81. The van der Waals surface area contributed by atoms with Crippen LogP contribution < -0.4 is 4.72 Å². The normalized spacial score (nSPS) is 13.1. The maximum Gasteiger partial charge on any atom is 0.242 e. The van der Waals surface area contributed by atoms with Crippen molar-refractivity contribution in [1.82, 2.24) is 9.62 Å². The van der Waals surface area contributed by atoms with Crippen LogP contribution in [-0.2, 0) is 10.0 Å². The zero-order valence-corrected chi connectivity index (χ0v) is 14.0. The average Bonchev–Trinajstić information content (AvgIpc) is 2.45. The van der Waals surface area contributed by atoms with Crippen LogP contribution in [0.1, 0.15) is 25.8 Å². The number of benzene rings is 1. The minimum atomic E-state index is -3.66. The Morgan fingerprint density at radius 2 is 2.14 bits per heavy atom. The van der Waals surface area contributed by atoms with Crippen molar-refractivity contribution in [1.29, 1.82) is 5.26 Å². The van der Waals surface area contributed by atoms with E-state index in [0.717, 1.165) is 6.42 Å². The molecule has 1 unspecified atom stereocenters. The molecule has 0 spiro atoms. The topological polar surface area (TPSA) is 73.2 Å². The number of nitriles is 1. The van der Waals surface area contributed by atoms with Gasteiger partial charge >= 0.3 is 0 Å². The van der Waals surface area contributed by atoms with Gasteiger partial charge in [-0.25, -0.2) is 13.1 Å². The molecule has 5 nitrogen and oxygen atoms in total. The predicted molar refractivity (Wildman–Crippen MR) is 83.7 cm³/mol. The van der Waals surface area contributed by atoms with Gasteiger partial charge in [0.25, 0.3) is 0 Å². The smallest absolute Gasteiger partial charge is 0.242 e. The molecule has 116 valence electrons. The number of sulfonamides is 1. The predicted octanol–water partition coefficient (Wildman–Crippen LogP) is 2.22. The van der Waals surface area contributed by atoms with E-state index in [1.54, 1.807) is 0 Å². The van der Waals surface area contributed by atoms with E-state index in [-0.39, 0.29) is 9.92 Å². The largest absolute Gasteiger partial charge is 0.302 e.